The van der Waals surface area contributed by atoms with E-state index in [1.54, 1.807) is 6.92 Å². The Hall–Kier alpha value is -3.48. The van der Waals surface area contributed by atoms with E-state index in [-0.39, 0.29) is 18.8 Å². The van der Waals surface area contributed by atoms with Gasteiger partial charge in [-0.05, 0) is 35.3 Å². The zero-order chi connectivity index (χ0) is 18.7. The molecular weight excluding hydrogens is 336 g/mol. The Morgan fingerprint density at radius 2 is 2.00 bits per heavy atom. The number of esters is 1. The second-order valence-electron chi connectivity index (χ2n) is 5.76. The molecule has 1 aromatic carbocycles. The van der Waals surface area contributed by atoms with E-state index < -0.39 is 11.1 Å². The Balaban J connectivity index is 1.75. The van der Waals surface area contributed by atoms with Crippen molar-refractivity contribution >= 4 is 17.1 Å². The zero-order valence-electron chi connectivity index (χ0n) is 14.1. The van der Waals surface area contributed by atoms with E-state index in [9.17, 15) is 14.9 Å². The van der Waals surface area contributed by atoms with Gasteiger partial charge in [0.15, 0.2) is 0 Å². The van der Waals surface area contributed by atoms with Crippen molar-refractivity contribution in [2.45, 2.75) is 20.0 Å². The van der Waals surface area contributed by atoms with E-state index in [1.165, 1.54) is 12.3 Å². The number of pyridine rings is 1. The first kappa shape index (κ1) is 17.3. The lowest BCUT2D eigenvalue weighted by atomic mass is 10.0. The van der Waals surface area contributed by atoms with Crippen molar-refractivity contribution < 1.29 is 19.5 Å². The van der Waals surface area contributed by atoms with E-state index in [0.717, 1.165) is 22.3 Å². The monoisotopic (exact) mass is 352 g/mol. The van der Waals surface area contributed by atoms with Crippen LogP contribution in [0.5, 0.6) is 5.75 Å². The van der Waals surface area contributed by atoms with Gasteiger partial charge >= 0.3 is 5.97 Å². The molecule has 0 bridgehead atoms. The third-order valence-electron chi connectivity index (χ3n) is 4.07. The van der Waals surface area contributed by atoms with E-state index in [1.807, 2.05) is 30.3 Å². The van der Waals surface area contributed by atoms with Crippen molar-refractivity contribution in [2.24, 2.45) is 0 Å². The smallest absolute Gasteiger partial charge is 0.315 e. The van der Waals surface area contributed by atoms with Crippen molar-refractivity contribution in [3.8, 4) is 5.75 Å². The summed E-state index contributed by atoms with van der Waals surface area (Å²) >= 11 is 0. The fourth-order valence-corrected chi connectivity index (χ4v) is 2.83. The molecule has 0 radical (unpaired) electrons. The highest BCUT2D eigenvalue weighted by atomic mass is 16.9. The topological polar surface area (TPSA) is 91.6 Å². The molecule has 0 unspecified atom stereocenters. The van der Waals surface area contributed by atoms with Gasteiger partial charge in [0.25, 0.3) is 5.09 Å². The molecule has 0 N–H and O–H groups in total. The van der Waals surface area contributed by atoms with Crippen molar-refractivity contribution in [1.82, 2.24) is 4.98 Å². The number of rotatable bonds is 6. The van der Waals surface area contributed by atoms with E-state index in [4.69, 9.17) is 4.74 Å². The highest BCUT2D eigenvalue weighted by molar-refractivity contribution is 5.99. The first-order valence-corrected chi connectivity index (χ1v) is 7.87. The molecule has 1 aliphatic rings. The highest BCUT2D eigenvalue weighted by Crippen LogP contribution is 2.36. The number of carbonyl (C=O) groups excluding carboxylic acids is 1. The summed E-state index contributed by atoms with van der Waals surface area (Å²) in [5.74, 6) is -0.274. The Labute approximate surface area is 149 Å². The predicted molar refractivity (Wildman–Crippen MR) is 94.5 cm³/mol. The average molecular weight is 352 g/mol. The van der Waals surface area contributed by atoms with Crippen LogP contribution in [0.4, 0.5) is 0 Å². The van der Waals surface area contributed by atoms with Gasteiger partial charge in [-0.15, -0.1) is 10.1 Å². The number of allylic oxidation sites excluding steroid dienone is 2. The van der Waals surface area contributed by atoms with Crippen LogP contribution in [0.1, 0.15) is 28.8 Å². The standard InChI is InChI=1S/C19H16N2O5/c1-12-9-14(16-6-4-3-5-15(12)16)10-19(22)26-18-7-8-20-13(2)17(18)11-25-21(23)24/h3-9H,1,10-11H2,2H3. The van der Waals surface area contributed by atoms with Crippen LogP contribution in [-0.4, -0.2) is 16.0 Å². The second-order valence-corrected chi connectivity index (χ2v) is 5.76. The number of hydrogen-bond donors (Lipinski definition) is 0. The fraction of sp³-hybridized carbons (Fsp3) is 0.158. The minimum Gasteiger partial charge on any atom is -0.426 e. The number of aryl methyl sites for hydroxylation is 1. The molecule has 0 atom stereocenters. The van der Waals surface area contributed by atoms with Gasteiger partial charge in [0.1, 0.15) is 12.4 Å². The van der Waals surface area contributed by atoms with E-state index in [0.29, 0.717) is 11.3 Å². The van der Waals surface area contributed by atoms with Crippen molar-refractivity contribution in [1.29, 1.82) is 0 Å². The SMILES string of the molecule is C=C1C=C(CC(=O)Oc2ccnc(C)c2CO[N+](=O)[O-])c2ccccc21. The van der Waals surface area contributed by atoms with E-state index >= 15 is 0 Å². The molecule has 7 nitrogen and oxygen atoms in total. The van der Waals surface area contributed by atoms with Gasteiger partial charge in [-0.1, -0.05) is 36.9 Å². The summed E-state index contributed by atoms with van der Waals surface area (Å²) in [6, 6.07) is 9.18. The Morgan fingerprint density at radius 1 is 1.27 bits per heavy atom. The van der Waals surface area contributed by atoms with Crippen LogP contribution >= 0.6 is 0 Å². The quantitative estimate of drug-likeness (QED) is 0.449. The van der Waals surface area contributed by atoms with Crippen molar-refractivity contribution in [3.63, 3.8) is 0 Å². The average Bonchev–Trinajstić information content (AvgIpc) is 2.90. The molecule has 132 valence electrons. The molecule has 0 saturated carbocycles. The molecule has 0 amide bonds. The molecule has 26 heavy (non-hydrogen) atoms. The summed E-state index contributed by atoms with van der Waals surface area (Å²) < 4.78 is 5.42. The maximum absolute atomic E-state index is 12.4. The Bertz CT molecular complexity index is 933. The maximum atomic E-state index is 12.4. The van der Waals surface area contributed by atoms with Crippen LogP contribution in [0.3, 0.4) is 0 Å². The molecule has 7 heteroatoms. The third kappa shape index (κ3) is 3.61. The summed E-state index contributed by atoms with van der Waals surface area (Å²) in [7, 11) is 0. The molecular formula is C19H16N2O5. The number of hydrogen-bond acceptors (Lipinski definition) is 6. The summed E-state index contributed by atoms with van der Waals surface area (Å²) in [6.07, 6.45) is 3.40. The summed E-state index contributed by atoms with van der Waals surface area (Å²) in [5.41, 5.74) is 4.49. The lowest BCUT2D eigenvalue weighted by molar-refractivity contribution is -0.763. The van der Waals surface area contributed by atoms with Gasteiger partial charge in [-0.3, -0.25) is 9.78 Å². The molecule has 0 aliphatic heterocycles. The number of benzene rings is 1. The molecule has 3 rings (SSSR count). The molecule has 1 aromatic heterocycles. The minimum absolute atomic E-state index is 0.0624. The van der Waals surface area contributed by atoms with Gasteiger partial charge in [0.05, 0.1) is 6.42 Å². The van der Waals surface area contributed by atoms with Gasteiger partial charge in [-0.25, -0.2) is 0 Å². The van der Waals surface area contributed by atoms with Crippen molar-refractivity contribution in [3.05, 3.63) is 81.7 Å². The Kier molecular flexibility index (Phi) is 4.79. The normalized spacial score (nSPS) is 12.3. The Morgan fingerprint density at radius 3 is 2.73 bits per heavy atom. The zero-order valence-corrected chi connectivity index (χ0v) is 14.1. The predicted octanol–water partition coefficient (Wildman–Crippen LogP) is 3.50. The van der Waals surface area contributed by atoms with Crippen LogP contribution in [-0.2, 0) is 16.2 Å². The molecule has 2 aromatic rings. The molecule has 1 heterocycles. The fourth-order valence-electron chi connectivity index (χ4n) is 2.83. The number of fused-ring (bicyclic) bond motifs is 1. The first-order chi connectivity index (χ1) is 12.5. The largest absolute Gasteiger partial charge is 0.426 e. The van der Waals surface area contributed by atoms with Crippen LogP contribution in [0, 0.1) is 17.0 Å². The van der Waals surface area contributed by atoms with Crippen LogP contribution in [0.15, 0.2) is 49.2 Å². The van der Waals surface area contributed by atoms with E-state index in [2.05, 4.69) is 16.4 Å². The van der Waals surface area contributed by atoms with Crippen molar-refractivity contribution in [2.75, 3.05) is 0 Å². The van der Waals surface area contributed by atoms with Crippen LogP contribution in [0.2, 0.25) is 0 Å². The summed E-state index contributed by atoms with van der Waals surface area (Å²) in [5, 5.41) is 9.54. The lowest BCUT2D eigenvalue weighted by Gasteiger charge is -2.12. The van der Waals surface area contributed by atoms with Gasteiger partial charge in [0, 0.05) is 17.5 Å². The van der Waals surface area contributed by atoms with Gasteiger partial charge < -0.3 is 9.57 Å². The number of aromatic nitrogens is 1. The number of carbonyl (C=O) groups is 1. The van der Waals surface area contributed by atoms with Gasteiger partial charge in [0.2, 0.25) is 0 Å². The lowest BCUT2D eigenvalue weighted by Crippen LogP contribution is -2.12. The summed E-state index contributed by atoms with van der Waals surface area (Å²) in [6.45, 7) is 5.31. The van der Waals surface area contributed by atoms with Crippen LogP contribution in [0.25, 0.3) is 11.1 Å². The molecule has 0 spiro atoms. The summed E-state index contributed by atoms with van der Waals surface area (Å²) in [4.78, 5) is 31.3. The third-order valence-corrected chi connectivity index (χ3v) is 4.07. The first-order valence-electron chi connectivity index (χ1n) is 7.87. The highest BCUT2D eigenvalue weighted by Gasteiger charge is 2.21. The maximum Gasteiger partial charge on any atom is 0.315 e. The molecule has 0 saturated heterocycles. The van der Waals surface area contributed by atoms with Crippen LogP contribution < -0.4 is 4.74 Å². The number of ether oxygens (including phenoxy) is 1. The molecule has 0 fully saturated rings. The van der Waals surface area contributed by atoms with Gasteiger partial charge in [-0.2, -0.15) is 0 Å². The number of nitrogens with zero attached hydrogens (tertiary/aromatic N) is 2. The minimum atomic E-state index is -0.899. The molecule has 1 aliphatic carbocycles. The second kappa shape index (κ2) is 7.18.